The van der Waals surface area contributed by atoms with E-state index in [1.165, 1.54) is 22.9 Å². The van der Waals surface area contributed by atoms with E-state index in [0.717, 1.165) is 34.3 Å². The van der Waals surface area contributed by atoms with Crippen molar-refractivity contribution in [2.45, 2.75) is 26.7 Å². The molecule has 7 heteroatoms. The molecule has 0 unspecified atom stereocenters. The van der Waals surface area contributed by atoms with Crippen molar-refractivity contribution >= 4 is 56.2 Å². The molecule has 1 amide bonds. The molecule has 0 atom stereocenters. The highest BCUT2D eigenvalue weighted by atomic mass is 79.9. The molecule has 0 saturated carbocycles. The van der Waals surface area contributed by atoms with Crippen molar-refractivity contribution in [3.05, 3.63) is 86.7 Å². The van der Waals surface area contributed by atoms with Crippen LogP contribution in [0.2, 0.25) is 0 Å². The van der Waals surface area contributed by atoms with Crippen LogP contribution in [0, 0.1) is 0 Å². The maximum absolute atomic E-state index is 13.6. The molecule has 0 aliphatic carbocycles. The molecule has 0 bridgehead atoms. The lowest BCUT2D eigenvalue weighted by Gasteiger charge is -2.16. The molecule has 0 aromatic heterocycles. The fourth-order valence-electron chi connectivity index (χ4n) is 3.76. The van der Waals surface area contributed by atoms with Gasteiger partial charge in [0.25, 0.3) is 5.91 Å². The number of rotatable bonds is 5. The van der Waals surface area contributed by atoms with E-state index in [4.69, 9.17) is 14.5 Å². The average molecular weight is 535 g/mol. The molecule has 2 heterocycles. The van der Waals surface area contributed by atoms with Crippen LogP contribution in [0.3, 0.4) is 0 Å². The van der Waals surface area contributed by atoms with Gasteiger partial charge in [-0.1, -0.05) is 54.0 Å². The van der Waals surface area contributed by atoms with E-state index in [2.05, 4.69) is 54.0 Å². The summed E-state index contributed by atoms with van der Waals surface area (Å²) in [4.78, 5) is 20.7. The van der Waals surface area contributed by atoms with Gasteiger partial charge in [0.15, 0.2) is 16.7 Å². The van der Waals surface area contributed by atoms with Gasteiger partial charge in [-0.3, -0.25) is 9.69 Å². The number of carbonyl (C=O) groups is 1. The number of carbonyl (C=O) groups excluding carboxylic acids is 1. The zero-order valence-electron chi connectivity index (χ0n) is 18.9. The molecular weight excluding hydrogens is 512 g/mol. The maximum Gasteiger partial charge on any atom is 0.271 e. The first-order chi connectivity index (χ1) is 16.6. The summed E-state index contributed by atoms with van der Waals surface area (Å²) in [6.45, 7) is 4.44. The Bertz CT molecular complexity index is 1300. The number of halogens is 1. The normalized spacial score (nSPS) is 17.3. The molecule has 5 rings (SSSR count). The van der Waals surface area contributed by atoms with Gasteiger partial charge in [0.05, 0.1) is 16.3 Å². The Labute approximate surface area is 211 Å². The van der Waals surface area contributed by atoms with Crippen LogP contribution >= 0.6 is 27.7 Å². The smallest absolute Gasteiger partial charge is 0.271 e. The van der Waals surface area contributed by atoms with Crippen LogP contribution in [0.5, 0.6) is 11.5 Å². The number of thioether (sulfide) groups is 1. The lowest BCUT2D eigenvalue weighted by atomic mass is 10.1. The molecule has 2 aliphatic rings. The van der Waals surface area contributed by atoms with Crippen molar-refractivity contribution in [3.63, 3.8) is 0 Å². The third kappa shape index (κ3) is 4.50. The number of benzene rings is 3. The third-order valence-corrected chi connectivity index (χ3v) is 7.41. The number of nitrogens with zero attached hydrogens (tertiary/aromatic N) is 2. The average Bonchev–Trinajstić information content (AvgIpc) is 3.43. The van der Waals surface area contributed by atoms with Gasteiger partial charge >= 0.3 is 0 Å². The lowest BCUT2D eigenvalue weighted by molar-refractivity contribution is -0.113. The molecule has 3 aromatic rings. The molecule has 0 N–H and O–H groups in total. The summed E-state index contributed by atoms with van der Waals surface area (Å²) in [6, 6.07) is 19.9. The van der Waals surface area contributed by atoms with E-state index in [1.54, 1.807) is 4.90 Å². The van der Waals surface area contributed by atoms with Crippen molar-refractivity contribution in [1.82, 2.24) is 0 Å². The first-order valence-corrected chi connectivity index (χ1v) is 12.8. The standard InChI is InChI=1S/C27H23BrN2O3S/c1-3-17-5-9-20(10-6-17)29-27-30(21-11-7-18(4-2)8-12-21)26(31)25(34-27)14-19-13-23-24(15-22(19)28)33-16-32-23/h5-15H,3-4,16H2,1-2H3/b25-14-,29-27?. The summed E-state index contributed by atoms with van der Waals surface area (Å²) in [5, 5.41) is 0.626. The molecule has 34 heavy (non-hydrogen) atoms. The summed E-state index contributed by atoms with van der Waals surface area (Å²) in [6.07, 6.45) is 3.78. The van der Waals surface area contributed by atoms with Crippen molar-refractivity contribution in [3.8, 4) is 11.5 Å². The van der Waals surface area contributed by atoms with Gasteiger partial charge in [-0.15, -0.1) is 0 Å². The number of hydrogen-bond acceptors (Lipinski definition) is 5. The maximum atomic E-state index is 13.6. The van der Waals surface area contributed by atoms with Gasteiger partial charge < -0.3 is 9.47 Å². The van der Waals surface area contributed by atoms with Crippen molar-refractivity contribution in [2.24, 2.45) is 4.99 Å². The Morgan fingerprint density at radius 2 is 1.59 bits per heavy atom. The van der Waals surface area contributed by atoms with Gasteiger partial charge in [0.2, 0.25) is 6.79 Å². The van der Waals surface area contributed by atoms with Crippen LogP contribution in [0.15, 0.2) is 75.0 Å². The summed E-state index contributed by atoms with van der Waals surface area (Å²) >= 11 is 4.96. The Morgan fingerprint density at radius 1 is 0.971 bits per heavy atom. The van der Waals surface area contributed by atoms with Gasteiger partial charge in [0, 0.05) is 4.47 Å². The van der Waals surface area contributed by atoms with Crippen molar-refractivity contribution < 1.29 is 14.3 Å². The zero-order chi connectivity index (χ0) is 23.7. The van der Waals surface area contributed by atoms with Crippen LogP contribution < -0.4 is 14.4 Å². The largest absolute Gasteiger partial charge is 0.454 e. The van der Waals surface area contributed by atoms with Gasteiger partial charge in [-0.2, -0.15) is 0 Å². The van der Waals surface area contributed by atoms with E-state index in [-0.39, 0.29) is 12.7 Å². The molecule has 0 radical (unpaired) electrons. The minimum absolute atomic E-state index is 0.109. The summed E-state index contributed by atoms with van der Waals surface area (Å²) in [7, 11) is 0. The predicted molar refractivity (Wildman–Crippen MR) is 142 cm³/mol. The highest BCUT2D eigenvalue weighted by Gasteiger charge is 2.35. The lowest BCUT2D eigenvalue weighted by Crippen LogP contribution is -2.28. The minimum atomic E-state index is -0.109. The minimum Gasteiger partial charge on any atom is -0.454 e. The first-order valence-electron chi connectivity index (χ1n) is 11.2. The summed E-state index contributed by atoms with van der Waals surface area (Å²) in [5.41, 5.74) is 4.92. The quantitative estimate of drug-likeness (QED) is 0.327. The van der Waals surface area contributed by atoms with Crippen molar-refractivity contribution in [2.75, 3.05) is 11.7 Å². The monoisotopic (exact) mass is 534 g/mol. The SMILES string of the molecule is CCc1ccc(N=C2S/C(=C\c3cc4c(cc3Br)OCO4)C(=O)N2c2ccc(CC)cc2)cc1. The fraction of sp³-hybridized carbons (Fsp3) is 0.185. The molecule has 5 nitrogen and oxygen atoms in total. The molecule has 0 spiro atoms. The number of aryl methyl sites for hydroxylation is 2. The van der Waals surface area contributed by atoms with Gasteiger partial charge in [-0.25, -0.2) is 4.99 Å². The third-order valence-electron chi connectivity index (χ3n) is 5.76. The molecule has 2 aliphatic heterocycles. The van der Waals surface area contributed by atoms with Gasteiger partial charge in [0.1, 0.15) is 0 Å². The second kappa shape index (κ2) is 9.68. The molecule has 3 aromatic carbocycles. The van der Waals surface area contributed by atoms with E-state index in [1.807, 2.05) is 42.5 Å². The Hall–Kier alpha value is -3.03. The number of amides is 1. The topological polar surface area (TPSA) is 51.1 Å². The van der Waals surface area contributed by atoms with E-state index in [9.17, 15) is 4.79 Å². The van der Waals surface area contributed by atoms with Crippen molar-refractivity contribution in [1.29, 1.82) is 0 Å². The number of amidine groups is 1. The number of aliphatic imine (C=N–C) groups is 1. The highest BCUT2D eigenvalue weighted by Crippen LogP contribution is 2.41. The predicted octanol–water partition coefficient (Wildman–Crippen LogP) is 7.11. The van der Waals surface area contributed by atoms with Crippen LogP contribution in [0.4, 0.5) is 11.4 Å². The van der Waals surface area contributed by atoms with Crippen LogP contribution in [0.1, 0.15) is 30.5 Å². The van der Waals surface area contributed by atoms with Crippen LogP contribution in [-0.4, -0.2) is 17.9 Å². The van der Waals surface area contributed by atoms with E-state index >= 15 is 0 Å². The summed E-state index contributed by atoms with van der Waals surface area (Å²) in [5.74, 6) is 1.25. The van der Waals surface area contributed by atoms with Crippen LogP contribution in [0.25, 0.3) is 6.08 Å². The van der Waals surface area contributed by atoms with Gasteiger partial charge in [-0.05, 0) is 83.8 Å². The summed E-state index contributed by atoms with van der Waals surface area (Å²) < 4.78 is 11.8. The molecule has 1 saturated heterocycles. The molecule has 1 fully saturated rings. The Kier molecular flexibility index (Phi) is 6.48. The fourth-order valence-corrected chi connectivity index (χ4v) is 5.19. The Morgan fingerprint density at radius 3 is 2.24 bits per heavy atom. The second-order valence-corrected chi connectivity index (χ2v) is 9.78. The second-order valence-electron chi connectivity index (χ2n) is 7.91. The number of fused-ring (bicyclic) bond motifs is 1. The molecular formula is C27H23BrN2O3S. The number of anilines is 1. The Balaban J connectivity index is 1.55. The first kappa shape index (κ1) is 22.7. The highest BCUT2D eigenvalue weighted by molar-refractivity contribution is 9.10. The van der Waals surface area contributed by atoms with E-state index in [0.29, 0.717) is 21.6 Å². The zero-order valence-corrected chi connectivity index (χ0v) is 21.3. The number of ether oxygens (including phenoxy) is 2. The molecule has 172 valence electrons. The number of hydrogen-bond donors (Lipinski definition) is 0. The van der Waals surface area contributed by atoms with E-state index < -0.39 is 0 Å². The van der Waals surface area contributed by atoms with Crippen LogP contribution in [-0.2, 0) is 17.6 Å².